The molecule has 0 spiro atoms. The van der Waals surface area contributed by atoms with Gasteiger partial charge < -0.3 is 20.3 Å². The quantitative estimate of drug-likeness (QED) is 0.851. The first kappa shape index (κ1) is 17.8. The summed E-state index contributed by atoms with van der Waals surface area (Å²) in [5.74, 6) is 1.56. The summed E-state index contributed by atoms with van der Waals surface area (Å²) in [5, 5.41) is 6.94. The van der Waals surface area contributed by atoms with Crippen molar-refractivity contribution < 1.29 is 9.53 Å². The van der Waals surface area contributed by atoms with E-state index in [1.54, 1.807) is 11.1 Å². The number of aromatic nitrogens is 2. The fourth-order valence-corrected chi connectivity index (χ4v) is 3.57. The zero-order valence-electron chi connectivity index (χ0n) is 15.0. The molecule has 1 aromatic heterocycles. The van der Waals surface area contributed by atoms with Gasteiger partial charge in [-0.1, -0.05) is 19.3 Å². The number of piperidine rings is 1. The van der Waals surface area contributed by atoms with E-state index in [1.165, 1.54) is 32.1 Å². The summed E-state index contributed by atoms with van der Waals surface area (Å²) in [7, 11) is 0. The van der Waals surface area contributed by atoms with Gasteiger partial charge in [-0.3, -0.25) is 0 Å². The number of nitrogens with one attached hydrogen (secondary N) is 2. The van der Waals surface area contributed by atoms with Gasteiger partial charge in [-0.15, -0.1) is 0 Å². The Balaban J connectivity index is 1.48. The summed E-state index contributed by atoms with van der Waals surface area (Å²) < 4.78 is 5.06. The Morgan fingerprint density at radius 2 is 1.88 bits per heavy atom. The normalized spacial score (nSPS) is 19.5. The van der Waals surface area contributed by atoms with Crippen LogP contribution in [-0.2, 0) is 4.74 Å². The lowest BCUT2D eigenvalue weighted by atomic mass is 9.95. The van der Waals surface area contributed by atoms with Gasteiger partial charge in [0.05, 0.1) is 6.61 Å². The minimum Gasteiger partial charge on any atom is -0.450 e. The highest BCUT2D eigenvalue weighted by Crippen LogP contribution is 2.21. The van der Waals surface area contributed by atoms with Crippen molar-refractivity contribution in [3.05, 3.63) is 12.3 Å². The second kappa shape index (κ2) is 8.87. The molecule has 2 heterocycles. The molecule has 1 aromatic rings. The lowest BCUT2D eigenvalue weighted by molar-refractivity contribution is 0.0983. The number of ether oxygens (including phenoxy) is 1. The van der Waals surface area contributed by atoms with Gasteiger partial charge in [0.1, 0.15) is 5.82 Å². The van der Waals surface area contributed by atoms with Crippen molar-refractivity contribution in [2.45, 2.75) is 64.0 Å². The number of hydrogen-bond acceptors (Lipinski definition) is 6. The summed E-state index contributed by atoms with van der Waals surface area (Å²) in [6, 6.07) is 2.75. The highest BCUT2D eigenvalue weighted by Gasteiger charge is 2.24. The molecular formula is C18H29N5O2. The highest BCUT2D eigenvalue weighted by molar-refractivity contribution is 5.67. The smallest absolute Gasteiger partial charge is 0.409 e. The molecule has 2 N–H and O–H groups in total. The summed E-state index contributed by atoms with van der Waals surface area (Å²) in [6.07, 6.45) is 9.73. The first-order chi connectivity index (χ1) is 12.2. The van der Waals surface area contributed by atoms with Gasteiger partial charge in [0.2, 0.25) is 5.95 Å². The molecule has 1 saturated carbocycles. The van der Waals surface area contributed by atoms with E-state index in [2.05, 4.69) is 20.6 Å². The van der Waals surface area contributed by atoms with Crippen LogP contribution >= 0.6 is 0 Å². The first-order valence-corrected chi connectivity index (χ1v) is 9.52. The van der Waals surface area contributed by atoms with Crippen molar-refractivity contribution in [3.63, 3.8) is 0 Å². The number of amides is 1. The Labute approximate surface area is 149 Å². The van der Waals surface area contributed by atoms with Crippen LogP contribution < -0.4 is 10.6 Å². The molecule has 2 aliphatic rings. The molecule has 7 nitrogen and oxygen atoms in total. The maximum atomic E-state index is 11.7. The summed E-state index contributed by atoms with van der Waals surface area (Å²) in [6.45, 7) is 3.66. The van der Waals surface area contributed by atoms with E-state index < -0.39 is 0 Å². The number of likely N-dealkylation sites (tertiary alicyclic amines) is 1. The minimum atomic E-state index is -0.212. The Morgan fingerprint density at radius 3 is 2.60 bits per heavy atom. The first-order valence-electron chi connectivity index (χ1n) is 9.52. The molecule has 0 atom stereocenters. The van der Waals surface area contributed by atoms with E-state index in [-0.39, 0.29) is 12.1 Å². The fourth-order valence-electron chi connectivity index (χ4n) is 3.57. The van der Waals surface area contributed by atoms with E-state index in [1.807, 2.05) is 13.0 Å². The Morgan fingerprint density at radius 1 is 1.16 bits per heavy atom. The molecule has 2 fully saturated rings. The van der Waals surface area contributed by atoms with Crippen molar-refractivity contribution in [2.75, 3.05) is 30.3 Å². The Kier molecular flexibility index (Phi) is 6.30. The fraction of sp³-hybridized carbons (Fsp3) is 0.722. The molecule has 25 heavy (non-hydrogen) atoms. The van der Waals surface area contributed by atoms with Crippen molar-refractivity contribution in [3.8, 4) is 0 Å². The number of carbonyl (C=O) groups is 1. The summed E-state index contributed by atoms with van der Waals surface area (Å²) in [4.78, 5) is 22.5. The number of nitrogens with zero attached hydrogens (tertiary/aromatic N) is 3. The molecule has 0 bridgehead atoms. The number of rotatable bonds is 5. The van der Waals surface area contributed by atoms with Gasteiger partial charge in [0.15, 0.2) is 0 Å². The lowest BCUT2D eigenvalue weighted by Crippen LogP contribution is -2.42. The largest absolute Gasteiger partial charge is 0.450 e. The topological polar surface area (TPSA) is 79.4 Å². The maximum absolute atomic E-state index is 11.7. The lowest BCUT2D eigenvalue weighted by Gasteiger charge is -2.31. The van der Waals surface area contributed by atoms with E-state index in [4.69, 9.17) is 4.74 Å². The van der Waals surface area contributed by atoms with E-state index in [9.17, 15) is 4.79 Å². The Bertz CT molecular complexity index is 554. The average Bonchev–Trinajstić information content (AvgIpc) is 2.64. The SMILES string of the molecule is CCOC(=O)N1CCC(Nc2nccc(NC3CCCCC3)n2)CC1. The van der Waals surface area contributed by atoms with Gasteiger partial charge in [0.25, 0.3) is 0 Å². The second-order valence-corrected chi connectivity index (χ2v) is 6.85. The van der Waals surface area contributed by atoms with Crippen LogP contribution in [0.2, 0.25) is 0 Å². The van der Waals surface area contributed by atoms with Crippen LogP contribution in [0.1, 0.15) is 51.9 Å². The highest BCUT2D eigenvalue weighted by atomic mass is 16.6. The predicted molar refractivity (Wildman–Crippen MR) is 97.8 cm³/mol. The van der Waals surface area contributed by atoms with Gasteiger partial charge in [-0.25, -0.2) is 9.78 Å². The van der Waals surface area contributed by atoms with E-state index in [0.717, 1.165) is 18.7 Å². The van der Waals surface area contributed by atoms with Gasteiger partial charge in [-0.2, -0.15) is 4.98 Å². The molecule has 1 amide bonds. The molecule has 138 valence electrons. The molecule has 1 aliphatic carbocycles. The van der Waals surface area contributed by atoms with Crippen LogP contribution in [0.5, 0.6) is 0 Å². The van der Waals surface area contributed by atoms with Gasteiger partial charge in [0, 0.05) is 31.4 Å². The number of carbonyl (C=O) groups excluding carboxylic acids is 1. The van der Waals surface area contributed by atoms with Crippen molar-refractivity contribution in [1.82, 2.24) is 14.9 Å². The third kappa shape index (κ3) is 5.21. The van der Waals surface area contributed by atoms with Crippen LogP contribution in [0.25, 0.3) is 0 Å². The van der Waals surface area contributed by atoms with Crippen LogP contribution in [0.3, 0.4) is 0 Å². The third-order valence-corrected chi connectivity index (χ3v) is 4.97. The van der Waals surface area contributed by atoms with Crippen LogP contribution in [0.15, 0.2) is 12.3 Å². The van der Waals surface area contributed by atoms with Crippen LogP contribution in [0.4, 0.5) is 16.6 Å². The summed E-state index contributed by atoms with van der Waals surface area (Å²) in [5.41, 5.74) is 0. The van der Waals surface area contributed by atoms with Crippen molar-refractivity contribution >= 4 is 17.9 Å². The van der Waals surface area contributed by atoms with Gasteiger partial charge >= 0.3 is 6.09 Å². The van der Waals surface area contributed by atoms with Crippen molar-refractivity contribution in [2.24, 2.45) is 0 Å². The second-order valence-electron chi connectivity index (χ2n) is 6.85. The van der Waals surface area contributed by atoms with Crippen LogP contribution in [0, 0.1) is 0 Å². The predicted octanol–water partition coefficient (Wildman–Crippen LogP) is 3.25. The summed E-state index contributed by atoms with van der Waals surface area (Å²) >= 11 is 0. The molecule has 0 aromatic carbocycles. The zero-order chi connectivity index (χ0) is 17.5. The maximum Gasteiger partial charge on any atom is 0.409 e. The molecule has 3 rings (SSSR count). The standard InChI is InChI=1S/C18H29N5O2/c1-2-25-18(24)23-12-9-15(10-13-23)21-17-19-11-8-16(22-17)20-14-6-4-3-5-7-14/h8,11,14-15H,2-7,9-10,12-13H2,1H3,(H2,19,20,21,22). The number of hydrogen-bond donors (Lipinski definition) is 2. The van der Waals surface area contributed by atoms with Crippen molar-refractivity contribution in [1.29, 1.82) is 0 Å². The molecule has 7 heteroatoms. The molecular weight excluding hydrogens is 318 g/mol. The average molecular weight is 347 g/mol. The molecule has 1 saturated heterocycles. The number of anilines is 2. The van der Waals surface area contributed by atoms with E-state index >= 15 is 0 Å². The Hall–Kier alpha value is -2.05. The molecule has 0 unspecified atom stereocenters. The third-order valence-electron chi connectivity index (χ3n) is 4.97. The molecule has 1 aliphatic heterocycles. The van der Waals surface area contributed by atoms with Gasteiger partial charge in [-0.05, 0) is 38.7 Å². The molecule has 0 radical (unpaired) electrons. The van der Waals surface area contributed by atoms with Crippen LogP contribution in [-0.4, -0.2) is 52.7 Å². The monoisotopic (exact) mass is 347 g/mol. The zero-order valence-corrected chi connectivity index (χ0v) is 15.0. The minimum absolute atomic E-state index is 0.212. The van der Waals surface area contributed by atoms with E-state index in [0.29, 0.717) is 31.7 Å².